The molecule has 0 aliphatic carbocycles. The number of rotatable bonds is 2. The fourth-order valence-electron chi connectivity index (χ4n) is 4.31. The van der Waals surface area contributed by atoms with Crippen molar-refractivity contribution in [3.8, 4) is 22.4 Å². The Bertz CT molecular complexity index is 1600. The molecule has 0 amide bonds. The summed E-state index contributed by atoms with van der Waals surface area (Å²) in [5, 5.41) is 2.39. The standard InChI is InChI=1S/C28H23N2Se/c1-17-15-19(3)30(5)24(16-17)25-18(2)11-12-21-22-13-14-23(29-4)26(28(22)31-27(21)25)20-9-7-6-8-10-20/h6-16H,1-3,5H3/q+1/i15D,16D. The van der Waals surface area contributed by atoms with Gasteiger partial charge >= 0.3 is 192 Å². The van der Waals surface area contributed by atoms with Crippen molar-refractivity contribution >= 4 is 39.5 Å². The summed E-state index contributed by atoms with van der Waals surface area (Å²) in [5.74, 6) is 0. The molecule has 0 saturated heterocycles. The summed E-state index contributed by atoms with van der Waals surface area (Å²) in [6, 6.07) is 19.4. The molecule has 0 fully saturated rings. The number of aryl methyl sites for hydroxylation is 1. The average Bonchev–Trinajstić information content (AvgIpc) is 3.21. The van der Waals surface area contributed by atoms with Gasteiger partial charge in [0.05, 0.1) is 0 Å². The van der Waals surface area contributed by atoms with E-state index in [0.717, 1.165) is 33.6 Å². The van der Waals surface area contributed by atoms with Crippen LogP contribution in [0.5, 0.6) is 0 Å². The van der Waals surface area contributed by atoms with Crippen LogP contribution >= 0.6 is 0 Å². The molecular formula is C28H23N2Se+. The molecule has 150 valence electrons. The van der Waals surface area contributed by atoms with Crippen LogP contribution in [0.1, 0.15) is 19.6 Å². The Labute approximate surface area is 191 Å². The molecule has 31 heavy (non-hydrogen) atoms. The molecule has 0 atom stereocenters. The number of hydrogen-bond acceptors (Lipinski definition) is 0. The van der Waals surface area contributed by atoms with Crippen LogP contribution in [0, 0.1) is 27.3 Å². The van der Waals surface area contributed by atoms with Gasteiger partial charge in [-0.3, -0.25) is 0 Å². The van der Waals surface area contributed by atoms with Gasteiger partial charge in [-0.05, 0) is 0 Å². The van der Waals surface area contributed by atoms with E-state index in [2.05, 4.69) is 42.1 Å². The Morgan fingerprint density at radius 3 is 2.26 bits per heavy atom. The monoisotopic (exact) mass is 469 g/mol. The zero-order valence-corrected chi connectivity index (χ0v) is 19.7. The molecule has 3 heteroatoms. The molecule has 2 heterocycles. The Balaban J connectivity index is 1.96. The first-order chi connectivity index (χ1) is 15.8. The summed E-state index contributed by atoms with van der Waals surface area (Å²) in [4.78, 5) is 3.85. The molecule has 3 aromatic carbocycles. The third-order valence-corrected chi connectivity index (χ3v) is 8.56. The summed E-state index contributed by atoms with van der Waals surface area (Å²) in [5.41, 5.74) is 7.47. The first kappa shape index (κ1) is 17.5. The second-order valence-electron chi connectivity index (χ2n) is 7.92. The molecule has 0 bridgehead atoms. The zero-order valence-electron chi connectivity index (χ0n) is 20.0. The van der Waals surface area contributed by atoms with Crippen LogP contribution in [0.15, 0.2) is 66.7 Å². The summed E-state index contributed by atoms with van der Waals surface area (Å²) in [6.45, 7) is 13.7. The molecule has 0 unspecified atom stereocenters. The minimum atomic E-state index is -0.0151. The number of pyridine rings is 1. The first-order valence-electron chi connectivity index (χ1n) is 11.2. The topological polar surface area (TPSA) is 8.24 Å². The van der Waals surface area contributed by atoms with E-state index >= 15 is 0 Å². The van der Waals surface area contributed by atoms with E-state index in [0.29, 0.717) is 23.3 Å². The number of benzene rings is 3. The van der Waals surface area contributed by atoms with Crippen LogP contribution in [0.2, 0.25) is 0 Å². The molecule has 5 aromatic rings. The van der Waals surface area contributed by atoms with Crippen LogP contribution < -0.4 is 4.57 Å². The van der Waals surface area contributed by atoms with Crippen molar-refractivity contribution in [3.05, 3.63) is 94.9 Å². The van der Waals surface area contributed by atoms with Crippen molar-refractivity contribution in [3.63, 3.8) is 0 Å². The average molecular weight is 468 g/mol. The molecule has 5 rings (SSSR count). The number of nitrogens with zero attached hydrogens (tertiary/aromatic N) is 2. The van der Waals surface area contributed by atoms with Crippen LogP contribution in [0.3, 0.4) is 0 Å². The molecule has 0 aliphatic rings. The quantitative estimate of drug-likeness (QED) is 0.155. The van der Waals surface area contributed by atoms with Crippen molar-refractivity contribution in [1.29, 1.82) is 0 Å². The normalized spacial score (nSPS) is 12.1. The Kier molecular flexibility index (Phi) is 4.23. The minimum absolute atomic E-state index is 0.0151. The van der Waals surface area contributed by atoms with Gasteiger partial charge in [-0.25, -0.2) is 0 Å². The van der Waals surface area contributed by atoms with Gasteiger partial charge in [0.15, 0.2) is 0 Å². The molecule has 0 N–H and O–H groups in total. The Morgan fingerprint density at radius 1 is 0.871 bits per heavy atom. The molecule has 0 spiro atoms. The number of aromatic nitrogens is 1. The van der Waals surface area contributed by atoms with Crippen LogP contribution in [0.25, 0.3) is 46.5 Å². The van der Waals surface area contributed by atoms with Crippen molar-refractivity contribution in [1.82, 2.24) is 0 Å². The Morgan fingerprint density at radius 2 is 1.55 bits per heavy atom. The summed E-state index contributed by atoms with van der Waals surface area (Å²) >= 11 is -0.0151. The molecule has 0 aliphatic heterocycles. The molecule has 0 saturated carbocycles. The SMILES string of the molecule is [2H]c1c(C)c([2H])c(-c2c(C)ccc3c2[se]c2c(-c4ccccc4)c([N+]#[C-])ccc23)[n+](C)c1C. The molecule has 2 aromatic heterocycles. The van der Waals surface area contributed by atoms with E-state index < -0.39 is 0 Å². The van der Waals surface area contributed by atoms with Crippen molar-refractivity contribution in [2.75, 3.05) is 0 Å². The van der Waals surface area contributed by atoms with Crippen LogP contribution in [-0.2, 0) is 7.05 Å². The van der Waals surface area contributed by atoms with E-state index in [1.807, 2.05) is 49.7 Å². The second-order valence-corrected chi connectivity index (χ2v) is 10.1. The van der Waals surface area contributed by atoms with E-state index in [9.17, 15) is 0 Å². The van der Waals surface area contributed by atoms with Gasteiger partial charge < -0.3 is 0 Å². The maximum absolute atomic E-state index is 8.90. The number of hydrogen-bond donors (Lipinski definition) is 0. The van der Waals surface area contributed by atoms with Gasteiger partial charge in [-0.2, -0.15) is 0 Å². The Hall–Kier alpha value is -3.18. The first-order valence-corrected chi connectivity index (χ1v) is 11.9. The summed E-state index contributed by atoms with van der Waals surface area (Å²) in [7, 11) is 1.96. The van der Waals surface area contributed by atoms with Gasteiger partial charge in [0, 0.05) is 0 Å². The summed E-state index contributed by atoms with van der Waals surface area (Å²) < 4.78 is 21.8. The van der Waals surface area contributed by atoms with Crippen molar-refractivity contribution < 1.29 is 7.31 Å². The van der Waals surface area contributed by atoms with Crippen LogP contribution in [-0.4, -0.2) is 14.5 Å². The molecule has 2 nitrogen and oxygen atoms in total. The zero-order chi connectivity index (χ0) is 23.4. The van der Waals surface area contributed by atoms with Crippen molar-refractivity contribution in [2.45, 2.75) is 20.8 Å². The van der Waals surface area contributed by atoms with Crippen LogP contribution in [0.4, 0.5) is 5.69 Å². The summed E-state index contributed by atoms with van der Waals surface area (Å²) in [6.07, 6.45) is 0. The van der Waals surface area contributed by atoms with Crippen molar-refractivity contribution in [2.24, 2.45) is 7.05 Å². The van der Waals surface area contributed by atoms with Gasteiger partial charge in [0.25, 0.3) is 0 Å². The van der Waals surface area contributed by atoms with Gasteiger partial charge in [-0.15, -0.1) is 0 Å². The van der Waals surface area contributed by atoms with Gasteiger partial charge in [0.1, 0.15) is 0 Å². The fraction of sp³-hybridized carbons (Fsp3) is 0.143. The van der Waals surface area contributed by atoms with E-state index in [-0.39, 0.29) is 14.5 Å². The van der Waals surface area contributed by atoms with E-state index in [1.165, 1.54) is 19.3 Å². The van der Waals surface area contributed by atoms with E-state index in [4.69, 9.17) is 9.31 Å². The molecule has 0 radical (unpaired) electrons. The predicted molar refractivity (Wildman–Crippen MR) is 131 cm³/mol. The molecular weight excluding hydrogens is 443 g/mol. The van der Waals surface area contributed by atoms with E-state index in [1.54, 1.807) is 0 Å². The number of fused-ring (bicyclic) bond motifs is 3. The fourth-order valence-corrected chi connectivity index (χ4v) is 7.38. The third-order valence-electron chi connectivity index (χ3n) is 5.93. The second kappa shape index (κ2) is 7.50. The van der Waals surface area contributed by atoms with Gasteiger partial charge in [-0.1, -0.05) is 0 Å². The van der Waals surface area contributed by atoms with Gasteiger partial charge in [0.2, 0.25) is 0 Å². The maximum atomic E-state index is 8.90. The predicted octanol–water partition coefficient (Wildman–Crippen LogP) is 6.68. The third kappa shape index (κ3) is 3.12.